The van der Waals surface area contributed by atoms with Gasteiger partial charge >= 0.3 is 0 Å². The first-order valence-electron chi connectivity index (χ1n) is 7.00. The van der Waals surface area contributed by atoms with Crippen LogP contribution in [-0.4, -0.2) is 12.3 Å². The van der Waals surface area contributed by atoms with Gasteiger partial charge in [0.2, 0.25) is 0 Å². The lowest BCUT2D eigenvalue weighted by Gasteiger charge is -2.25. The molecule has 0 aliphatic heterocycles. The van der Waals surface area contributed by atoms with Crippen molar-refractivity contribution in [2.45, 2.75) is 44.9 Å². The lowest BCUT2D eigenvalue weighted by Crippen LogP contribution is -2.18. The molecule has 0 spiro atoms. The zero-order valence-electron chi connectivity index (χ0n) is 11.2. The smallest absolute Gasteiger partial charge is 0.133 e. The van der Waals surface area contributed by atoms with Crippen molar-refractivity contribution in [1.29, 1.82) is 0 Å². The van der Waals surface area contributed by atoms with E-state index in [2.05, 4.69) is 24.3 Å². The zero-order chi connectivity index (χ0) is 13.0. The summed E-state index contributed by atoms with van der Waals surface area (Å²) in [5, 5.41) is 0. The maximum Gasteiger partial charge on any atom is 0.133 e. The van der Waals surface area contributed by atoms with Gasteiger partial charge in [0.15, 0.2) is 0 Å². The van der Waals surface area contributed by atoms with Crippen LogP contribution in [0.5, 0.6) is 0 Å². The van der Waals surface area contributed by atoms with Crippen LogP contribution in [0.2, 0.25) is 0 Å². The highest BCUT2D eigenvalue weighted by atomic mass is 16.1. The summed E-state index contributed by atoms with van der Waals surface area (Å²) in [6.45, 7) is 2.65. The van der Waals surface area contributed by atoms with Gasteiger partial charge in [0.1, 0.15) is 5.78 Å². The molecule has 0 radical (unpaired) electrons. The molecular formula is C16H23NO. The maximum absolute atomic E-state index is 12.0. The second-order valence-electron chi connectivity index (χ2n) is 5.58. The summed E-state index contributed by atoms with van der Waals surface area (Å²) in [7, 11) is 0. The molecule has 0 saturated carbocycles. The number of ketones is 1. The van der Waals surface area contributed by atoms with Crippen molar-refractivity contribution in [2.75, 3.05) is 6.54 Å². The standard InChI is InChI=1S/C16H23NO/c1-12(11-17)9-15(18)10-14-7-4-6-13-5-2-3-8-16(13)14/h2-3,5,8,12,14H,4,6-7,9-11,17H2,1H3. The Kier molecular flexibility index (Phi) is 4.54. The third-order valence-corrected chi connectivity index (χ3v) is 3.95. The van der Waals surface area contributed by atoms with Crippen LogP contribution in [0, 0.1) is 5.92 Å². The second kappa shape index (κ2) is 6.14. The number of carbonyl (C=O) groups excluding carboxylic acids is 1. The molecule has 1 aliphatic carbocycles. The van der Waals surface area contributed by atoms with Gasteiger partial charge in [-0.2, -0.15) is 0 Å². The van der Waals surface area contributed by atoms with Crippen LogP contribution in [0.3, 0.4) is 0 Å². The van der Waals surface area contributed by atoms with E-state index in [9.17, 15) is 4.79 Å². The van der Waals surface area contributed by atoms with Crippen LogP contribution in [0.4, 0.5) is 0 Å². The Labute approximate surface area is 110 Å². The fourth-order valence-electron chi connectivity index (χ4n) is 2.90. The van der Waals surface area contributed by atoms with E-state index in [0.29, 0.717) is 37.0 Å². The quantitative estimate of drug-likeness (QED) is 0.866. The van der Waals surface area contributed by atoms with Crippen LogP contribution in [0.1, 0.15) is 49.7 Å². The van der Waals surface area contributed by atoms with Crippen LogP contribution >= 0.6 is 0 Å². The van der Waals surface area contributed by atoms with Crippen molar-refractivity contribution >= 4 is 5.78 Å². The number of rotatable bonds is 5. The number of hydrogen-bond acceptors (Lipinski definition) is 2. The van der Waals surface area contributed by atoms with E-state index in [1.807, 2.05) is 6.92 Å². The Morgan fingerprint density at radius 3 is 3.00 bits per heavy atom. The van der Waals surface area contributed by atoms with E-state index in [0.717, 1.165) is 6.42 Å². The maximum atomic E-state index is 12.0. The Balaban J connectivity index is 2.01. The number of Topliss-reactive ketones (excluding diaryl/α,β-unsaturated/α-hetero) is 1. The molecule has 2 heteroatoms. The first-order valence-corrected chi connectivity index (χ1v) is 7.00. The average Bonchev–Trinajstić information content (AvgIpc) is 2.39. The topological polar surface area (TPSA) is 43.1 Å². The van der Waals surface area contributed by atoms with Gasteiger partial charge in [-0.3, -0.25) is 4.79 Å². The molecule has 2 nitrogen and oxygen atoms in total. The molecule has 1 aromatic rings. The van der Waals surface area contributed by atoms with Gasteiger partial charge < -0.3 is 5.73 Å². The highest BCUT2D eigenvalue weighted by Gasteiger charge is 2.22. The lowest BCUT2D eigenvalue weighted by molar-refractivity contribution is -0.120. The molecule has 1 aliphatic rings. The third-order valence-electron chi connectivity index (χ3n) is 3.95. The molecule has 1 aromatic carbocycles. The molecule has 98 valence electrons. The molecule has 2 unspecified atom stereocenters. The largest absolute Gasteiger partial charge is 0.330 e. The summed E-state index contributed by atoms with van der Waals surface area (Å²) < 4.78 is 0. The van der Waals surface area contributed by atoms with E-state index < -0.39 is 0 Å². The molecule has 2 rings (SSSR count). The third kappa shape index (κ3) is 3.20. The lowest BCUT2D eigenvalue weighted by atomic mass is 9.79. The van der Waals surface area contributed by atoms with Crippen molar-refractivity contribution in [3.8, 4) is 0 Å². The Hall–Kier alpha value is -1.15. The van der Waals surface area contributed by atoms with E-state index in [-0.39, 0.29) is 0 Å². The van der Waals surface area contributed by atoms with E-state index in [4.69, 9.17) is 5.73 Å². The SMILES string of the molecule is CC(CN)CC(=O)CC1CCCc2ccccc21. The number of benzene rings is 1. The van der Waals surface area contributed by atoms with Crippen LogP contribution in [-0.2, 0) is 11.2 Å². The second-order valence-corrected chi connectivity index (χ2v) is 5.58. The van der Waals surface area contributed by atoms with Crippen molar-refractivity contribution in [3.05, 3.63) is 35.4 Å². The average molecular weight is 245 g/mol. The van der Waals surface area contributed by atoms with Gasteiger partial charge in [-0.05, 0) is 48.8 Å². The predicted molar refractivity (Wildman–Crippen MR) is 74.6 cm³/mol. The highest BCUT2D eigenvalue weighted by molar-refractivity contribution is 5.79. The first-order chi connectivity index (χ1) is 8.70. The number of hydrogen-bond donors (Lipinski definition) is 1. The van der Waals surface area contributed by atoms with Crippen LogP contribution < -0.4 is 5.73 Å². The molecule has 0 fully saturated rings. The summed E-state index contributed by atoms with van der Waals surface area (Å²) in [6.07, 6.45) is 4.86. The van der Waals surface area contributed by atoms with E-state index in [1.54, 1.807) is 0 Å². The van der Waals surface area contributed by atoms with Gasteiger partial charge in [-0.15, -0.1) is 0 Å². The monoisotopic (exact) mass is 245 g/mol. The van der Waals surface area contributed by atoms with Gasteiger partial charge in [0, 0.05) is 12.8 Å². The van der Waals surface area contributed by atoms with Gasteiger partial charge in [-0.25, -0.2) is 0 Å². The molecule has 0 aromatic heterocycles. The molecule has 2 N–H and O–H groups in total. The molecule has 0 bridgehead atoms. The van der Waals surface area contributed by atoms with E-state index >= 15 is 0 Å². The van der Waals surface area contributed by atoms with Gasteiger partial charge in [-0.1, -0.05) is 31.2 Å². The number of nitrogens with two attached hydrogens (primary N) is 1. The predicted octanol–water partition coefficient (Wildman–Crippen LogP) is 3.05. The Bertz CT molecular complexity index is 413. The fourth-order valence-corrected chi connectivity index (χ4v) is 2.90. The summed E-state index contributed by atoms with van der Waals surface area (Å²) in [6, 6.07) is 8.58. The van der Waals surface area contributed by atoms with Crippen molar-refractivity contribution in [3.63, 3.8) is 0 Å². The minimum atomic E-state index is 0.316. The van der Waals surface area contributed by atoms with Gasteiger partial charge in [0.05, 0.1) is 0 Å². The molecule has 0 saturated heterocycles. The zero-order valence-corrected chi connectivity index (χ0v) is 11.2. The molecule has 2 atom stereocenters. The number of aryl methyl sites for hydroxylation is 1. The van der Waals surface area contributed by atoms with Crippen molar-refractivity contribution < 1.29 is 4.79 Å². The molecule has 18 heavy (non-hydrogen) atoms. The highest BCUT2D eigenvalue weighted by Crippen LogP contribution is 2.34. The minimum Gasteiger partial charge on any atom is -0.330 e. The number of fused-ring (bicyclic) bond motifs is 1. The van der Waals surface area contributed by atoms with Crippen LogP contribution in [0.15, 0.2) is 24.3 Å². The van der Waals surface area contributed by atoms with Crippen molar-refractivity contribution in [2.24, 2.45) is 11.7 Å². The minimum absolute atomic E-state index is 0.316. The normalized spacial score (nSPS) is 20.2. The Morgan fingerprint density at radius 2 is 2.22 bits per heavy atom. The van der Waals surface area contributed by atoms with Crippen LogP contribution in [0.25, 0.3) is 0 Å². The van der Waals surface area contributed by atoms with Gasteiger partial charge in [0.25, 0.3) is 0 Å². The summed E-state index contributed by atoms with van der Waals surface area (Å²) in [4.78, 5) is 12.0. The first kappa shape index (κ1) is 13.3. The van der Waals surface area contributed by atoms with Crippen molar-refractivity contribution in [1.82, 2.24) is 0 Å². The fraction of sp³-hybridized carbons (Fsp3) is 0.562. The molecular weight excluding hydrogens is 222 g/mol. The van der Waals surface area contributed by atoms with E-state index in [1.165, 1.54) is 24.0 Å². The summed E-state index contributed by atoms with van der Waals surface area (Å²) in [5.74, 6) is 1.12. The number of carbonyl (C=O) groups is 1. The molecule has 0 heterocycles. The molecule has 0 amide bonds. The summed E-state index contributed by atoms with van der Waals surface area (Å²) >= 11 is 0. The summed E-state index contributed by atoms with van der Waals surface area (Å²) in [5.41, 5.74) is 8.42. The Morgan fingerprint density at radius 1 is 1.44 bits per heavy atom.